The number of amides is 1. The largest absolute Gasteiger partial charge is 0.383 e. The Kier molecular flexibility index (Phi) is 6.19. The molecule has 2 aromatic heterocycles. The summed E-state index contributed by atoms with van der Waals surface area (Å²) < 4.78 is 33.6. The highest BCUT2D eigenvalue weighted by molar-refractivity contribution is 7.99. The molecule has 0 atom stereocenters. The molecule has 0 saturated heterocycles. The molecule has 142 valence electrons. The normalized spacial score (nSPS) is 11.1. The standard InChI is InChI=1S/C17H15F2N3O3S2/c1-25-6-5-22-16(24)15-13(4-7-26-15)21-17(22)27-9-14(23)20-12-3-2-10(18)8-11(12)19/h2-4,7-8H,5-6,9H2,1H3,(H,20,23). The zero-order chi connectivity index (χ0) is 19.4. The van der Waals surface area contributed by atoms with Crippen LogP contribution in [0.5, 0.6) is 0 Å². The van der Waals surface area contributed by atoms with Gasteiger partial charge >= 0.3 is 0 Å². The van der Waals surface area contributed by atoms with Gasteiger partial charge in [0, 0.05) is 13.2 Å². The monoisotopic (exact) mass is 411 g/mol. The summed E-state index contributed by atoms with van der Waals surface area (Å²) in [5.74, 6) is -2.17. The minimum Gasteiger partial charge on any atom is -0.383 e. The lowest BCUT2D eigenvalue weighted by atomic mass is 10.3. The Bertz CT molecular complexity index is 1040. The molecule has 0 aliphatic heterocycles. The molecule has 1 amide bonds. The predicted molar refractivity (Wildman–Crippen MR) is 101 cm³/mol. The molecule has 1 aromatic carbocycles. The predicted octanol–water partition coefficient (Wildman–Crippen LogP) is 3.11. The topological polar surface area (TPSA) is 73.2 Å². The lowest BCUT2D eigenvalue weighted by Crippen LogP contribution is -2.25. The number of rotatable bonds is 7. The van der Waals surface area contributed by atoms with Crippen molar-refractivity contribution in [2.24, 2.45) is 0 Å². The van der Waals surface area contributed by atoms with E-state index in [0.717, 1.165) is 23.9 Å². The van der Waals surface area contributed by atoms with E-state index in [9.17, 15) is 18.4 Å². The summed E-state index contributed by atoms with van der Waals surface area (Å²) >= 11 is 2.36. The van der Waals surface area contributed by atoms with Gasteiger partial charge in [-0.25, -0.2) is 13.8 Å². The van der Waals surface area contributed by atoms with Crippen LogP contribution in [0.2, 0.25) is 0 Å². The average molecular weight is 411 g/mol. The first kappa shape index (κ1) is 19.5. The van der Waals surface area contributed by atoms with Crippen molar-refractivity contribution < 1.29 is 18.3 Å². The number of anilines is 1. The number of hydrogen-bond acceptors (Lipinski definition) is 6. The molecule has 6 nitrogen and oxygen atoms in total. The second-order valence-corrected chi connectivity index (χ2v) is 7.30. The van der Waals surface area contributed by atoms with Crippen molar-refractivity contribution in [3.8, 4) is 0 Å². The quantitative estimate of drug-likeness (QED) is 0.478. The number of halogens is 2. The molecule has 0 fully saturated rings. The number of aromatic nitrogens is 2. The van der Waals surface area contributed by atoms with Crippen molar-refractivity contribution in [3.63, 3.8) is 0 Å². The van der Waals surface area contributed by atoms with Gasteiger partial charge in [0.1, 0.15) is 16.3 Å². The van der Waals surface area contributed by atoms with Crippen LogP contribution >= 0.6 is 23.1 Å². The molecule has 27 heavy (non-hydrogen) atoms. The van der Waals surface area contributed by atoms with E-state index in [0.29, 0.717) is 34.6 Å². The molecule has 0 bridgehead atoms. The summed E-state index contributed by atoms with van der Waals surface area (Å²) in [4.78, 5) is 29.2. The Labute approximate surface area is 161 Å². The van der Waals surface area contributed by atoms with Crippen molar-refractivity contribution in [2.75, 3.05) is 24.8 Å². The highest BCUT2D eigenvalue weighted by atomic mass is 32.2. The van der Waals surface area contributed by atoms with Gasteiger partial charge < -0.3 is 10.1 Å². The van der Waals surface area contributed by atoms with E-state index < -0.39 is 17.5 Å². The van der Waals surface area contributed by atoms with Crippen molar-refractivity contribution in [2.45, 2.75) is 11.7 Å². The van der Waals surface area contributed by atoms with Gasteiger partial charge in [-0.1, -0.05) is 11.8 Å². The average Bonchev–Trinajstić information content (AvgIpc) is 3.10. The summed E-state index contributed by atoms with van der Waals surface area (Å²) in [7, 11) is 1.53. The van der Waals surface area contributed by atoms with E-state index in [-0.39, 0.29) is 17.0 Å². The number of hydrogen-bond donors (Lipinski definition) is 1. The van der Waals surface area contributed by atoms with Crippen molar-refractivity contribution in [1.29, 1.82) is 0 Å². The van der Waals surface area contributed by atoms with Crippen LogP contribution in [0.4, 0.5) is 14.5 Å². The van der Waals surface area contributed by atoms with Crippen LogP contribution in [-0.4, -0.2) is 34.9 Å². The van der Waals surface area contributed by atoms with Crippen LogP contribution in [0, 0.1) is 11.6 Å². The summed E-state index contributed by atoms with van der Waals surface area (Å²) in [6.07, 6.45) is 0. The Balaban J connectivity index is 1.77. The number of methoxy groups -OCH3 is 1. The fourth-order valence-electron chi connectivity index (χ4n) is 2.32. The zero-order valence-corrected chi connectivity index (χ0v) is 15.8. The zero-order valence-electron chi connectivity index (χ0n) is 14.2. The number of ether oxygens (including phenoxy) is 1. The van der Waals surface area contributed by atoms with Crippen molar-refractivity contribution >= 4 is 44.9 Å². The van der Waals surface area contributed by atoms with Crippen LogP contribution in [-0.2, 0) is 16.1 Å². The SMILES string of the molecule is COCCn1c(SCC(=O)Nc2ccc(F)cc2F)nc2ccsc2c1=O. The van der Waals surface area contributed by atoms with E-state index in [1.165, 1.54) is 23.0 Å². The number of benzene rings is 1. The Hall–Kier alpha value is -2.30. The third kappa shape index (κ3) is 4.52. The third-order valence-corrected chi connectivity index (χ3v) is 5.46. The summed E-state index contributed by atoms with van der Waals surface area (Å²) in [6, 6.07) is 4.63. The maximum atomic E-state index is 13.6. The number of fused-ring (bicyclic) bond motifs is 1. The molecule has 0 aliphatic rings. The number of carbonyl (C=O) groups is 1. The van der Waals surface area contributed by atoms with Gasteiger partial charge in [0.25, 0.3) is 5.56 Å². The van der Waals surface area contributed by atoms with Gasteiger partial charge in [0.15, 0.2) is 5.16 Å². The van der Waals surface area contributed by atoms with Gasteiger partial charge in [-0.05, 0) is 23.6 Å². The van der Waals surface area contributed by atoms with Crippen LogP contribution < -0.4 is 10.9 Å². The van der Waals surface area contributed by atoms with Gasteiger partial charge in [-0.3, -0.25) is 14.2 Å². The van der Waals surface area contributed by atoms with Crippen LogP contribution in [0.25, 0.3) is 10.2 Å². The molecule has 1 N–H and O–H groups in total. The molecule has 3 rings (SSSR count). The first-order chi connectivity index (χ1) is 13.0. The van der Waals surface area contributed by atoms with Gasteiger partial charge in [-0.2, -0.15) is 0 Å². The van der Waals surface area contributed by atoms with Gasteiger partial charge in [0.2, 0.25) is 5.91 Å². The maximum absolute atomic E-state index is 13.6. The Morgan fingerprint density at radius 1 is 1.37 bits per heavy atom. The van der Waals surface area contributed by atoms with E-state index in [1.807, 2.05) is 0 Å². The molecule has 0 saturated carbocycles. The second kappa shape index (κ2) is 8.59. The summed E-state index contributed by atoms with van der Waals surface area (Å²) in [5, 5.41) is 4.53. The van der Waals surface area contributed by atoms with Gasteiger partial charge in [0.05, 0.1) is 30.1 Å². The summed E-state index contributed by atoms with van der Waals surface area (Å²) in [5.41, 5.74) is 0.255. The van der Waals surface area contributed by atoms with E-state index in [1.54, 1.807) is 11.4 Å². The van der Waals surface area contributed by atoms with Crippen LogP contribution in [0.1, 0.15) is 0 Å². The first-order valence-electron chi connectivity index (χ1n) is 7.84. The first-order valence-corrected chi connectivity index (χ1v) is 9.71. The lowest BCUT2D eigenvalue weighted by molar-refractivity contribution is -0.113. The molecule has 0 unspecified atom stereocenters. The fraction of sp³-hybridized carbons (Fsp3) is 0.235. The highest BCUT2D eigenvalue weighted by Gasteiger charge is 2.15. The molecule has 3 aromatic rings. The van der Waals surface area contributed by atoms with E-state index in [4.69, 9.17) is 4.74 Å². The second-order valence-electron chi connectivity index (χ2n) is 5.44. The minimum atomic E-state index is -0.858. The highest BCUT2D eigenvalue weighted by Crippen LogP contribution is 2.22. The molecule has 0 radical (unpaired) electrons. The number of thioether (sulfide) groups is 1. The van der Waals surface area contributed by atoms with Gasteiger partial charge in [-0.15, -0.1) is 11.3 Å². The fourth-order valence-corrected chi connectivity index (χ4v) is 3.92. The number of nitrogens with zero attached hydrogens (tertiary/aromatic N) is 2. The molecule has 2 heterocycles. The molecular weight excluding hydrogens is 396 g/mol. The lowest BCUT2D eigenvalue weighted by Gasteiger charge is -2.11. The molecular formula is C17H15F2N3O3S2. The smallest absolute Gasteiger partial charge is 0.272 e. The summed E-state index contributed by atoms with van der Waals surface area (Å²) in [6.45, 7) is 0.617. The number of thiophene rings is 1. The molecule has 0 aliphatic carbocycles. The Morgan fingerprint density at radius 3 is 2.93 bits per heavy atom. The van der Waals surface area contributed by atoms with Crippen molar-refractivity contribution in [1.82, 2.24) is 9.55 Å². The number of nitrogens with one attached hydrogen (secondary N) is 1. The van der Waals surface area contributed by atoms with Crippen LogP contribution in [0.15, 0.2) is 39.6 Å². The minimum absolute atomic E-state index is 0.0914. The Morgan fingerprint density at radius 2 is 2.19 bits per heavy atom. The number of carbonyl (C=O) groups excluding carboxylic acids is 1. The van der Waals surface area contributed by atoms with Crippen molar-refractivity contribution in [3.05, 3.63) is 51.6 Å². The van der Waals surface area contributed by atoms with Crippen LogP contribution in [0.3, 0.4) is 0 Å². The molecule has 0 spiro atoms. The molecule has 10 heteroatoms. The maximum Gasteiger partial charge on any atom is 0.272 e. The van der Waals surface area contributed by atoms with E-state index >= 15 is 0 Å². The third-order valence-electron chi connectivity index (χ3n) is 3.59. The van der Waals surface area contributed by atoms with E-state index in [2.05, 4.69) is 10.3 Å².